The summed E-state index contributed by atoms with van der Waals surface area (Å²) < 4.78 is 15.7. The van der Waals surface area contributed by atoms with Gasteiger partial charge in [-0.3, -0.25) is 0 Å². The molecule has 1 aliphatic rings. The van der Waals surface area contributed by atoms with Gasteiger partial charge in [-0.15, -0.1) is 0 Å². The zero-order chi connectivity index (χ0) is 11.0. The van der Waals surface area contributed by atoms with Crippen LogP contribution in [-0.4, -0.2) is 13.2 Å². The molecular formula is C11H14O4. The molecule has 1 fully saturated rings. The zero-order valence-electron chi connectivity index (χ0n) is 9.07. The second-order valence-corrected chi connectivity index (χ2v) is 3.61. The van der Waals surface area contributed by atoms with Gasteiger partial charge in [-0.25, -0.2) is 4.79 Å². The molecule has 4 heteroatoms. The quantitative estimate of drug-likeness (QED) is 0.714. The van der Waals surface area contributed by atoms with Crippen LogP contribution >= 0.6 is 0 Å². The van der Waals surface area contributed by atoms with Gasteiger partial charge in [0.15, 0.2) is 0 Å². The van der Waals surface area contributed by atoms with Crippen molar-refractivity contribution < 1.29 is 13.9 Å². The van der Waals surface area contributed by atoms with Crippen molar-refractivity contribution in [3.05, 3.63) is 27.8 Å². The Labute approximate surface area is 87.8 Å². The smallest absolute Gasteiger partial charge is 0.339 e. The average molecular weight is 210 g/mol. The minimum atomic E-state index is -0.387. The molecule has 0 saturated carbocycles. The first-order chi connectivity index (χ1) is 7.17. The Balaban J connectivity index is 2.42. The summed E-state index contributed by atoms with van der Waals surface area (Å²) in [5, 5.41) is 0. The molecule has 82 valence electrons. The Morgan fingerprint density at radius 2 is 2.27 bits per heavy atom. The number of aryl methyl sites for hydroxylation is 1. The fourth-order valence-electron chi connectivity index (χ4n) is 1.81. The molecule has 1 saturated heterocycles. The third-order valence-corrected chi connectivity index (χ3v) is 2.64. The Morgan fingerprint density at radius 1 is 1.53 bits per heavy atom. The van der Waals surface area contributed by atoms with Crippen LogP contribution in [0, 0.1) is 6.92 Å². The van der Waals surface area contributed by atoms with E-state index in [1.54, 1.807) is 14.0 Å². The molecule has 2 heterocycles. The SMILES string of the molecule is CC[C@H]1O[C@@H]1c1c(OC)cc(=O)oc1C. The summed E-state index contributed by atoms with van der Waals surface area (Å²) >= 11 is 0. The molecule has 0 N–H and O–H groups in total. The highest BCUT2D eigenvalue weighted by Crippen LogP contribution is 2.45. The monoisotopic (exact) mass is 210 g/mol. The maximum absolute atomic E-state index is 11.1. The topological polar surface area (TPSA) is 52.0 Å². The van der Waals surface area contributed by atoms with E-state index in [2.05, 4.69) is 6.92 Å². The minimum Gasteiger partial charge on any atom is -0.496 e. The van der Waals surface area contributed by atoms with E-state index in [1.807, 2.05) is 0 Å². The fraction of sp³-hybridized carbons (Fsp3) is 0.545. The van der Waals surface area contributed by atoms with Crippen LogP contribution in [0.2, 0.25) is 0 Å². The van der Waals surface area contributed by atoms with Crippen molar-refractivity contribution in [2.75, 3.05) is 7.11 Å². The molecule has 4 nitrogen and oxygen atoms in total. The molecule has 1 aromatic rings. The van der Waals surface area contributed by atoms with Gasteiger partial charge in [0.1, 0.15) is 17.6 Å². The largest absolute Gasteiger partial charge is 0.496 e. The second-order valence-electron chi connectivity index (χ2n) is 3.61. The highest BCUT2D eigenvalue weighted by molar-refractivity contribution is 5.38. The van der Waals surface area contributed by atoms with E-state index in [1.165, 1.54) is 6.07 Å². The molecule has 15 heavy (non-hydrogen) atoms. The van der Waals surface area contributed by atoms with E-state index in [0.717, 1.165) is 12.0 Å². The molecule has 2 atom stereocenters. The van der Waals surface area contributed by atoms with Crippen molar-refractivity contribution >= 4 is 0 Å². The Bertz CT molecular complexity index is 421. The van der Waals surface area contributed by atoms with Crippen molar-refractivity contribution in [2.24, 2.45) is 0 Å². The van der Waals surface area contributed by atoms with Gasteiger partial charge in [0.05, 0.1) is 24.8 Å². The van der Waals surface area contributed by atoms with Crippen LogP contribution in [0.1, 0.15) is 30.8 Å². The maximum atomic E-state index is 11.1. The molecule has 0 aromatic carbocycles. The summed E-state index contributed by atoms with van der Waals surface area (Å²) in [6.45, 7) is 3.82. The highest BCUT2D eigenvalue weighted by Gasteiger charge is 2.42. The molecule has 1 aromatic heterocycles. The van der Waals surface area contributed by atoms with E-state index in [-0.39, 0.29) is 17.8 Å². The van der Waals surface area contributed by atoms with Gasteiger partial charge in [-0.2, -0.15) is 0 Å². The van der Waals surface area contributed by atoms with Gasteiger partial charge in [0.25, 0.3) is 0 Å². The molecule has 0 aliphatic carbocycles. The van der Waals surface area contributed by atoms with Gasteiger partial charge < -0.3 is 13.9 Å². The number of ether oxygens (including phenoxy) is 2. The average Bonchev–Trinajstić information content (AvgIpc) is 2.95. The van der Waals surface area contributed by atoms with Crippen molar-refractivity contribution in [3.8, 4) is 5.75 Å². The van der Waals surface area contributed by atoms with Crippen molar-refractivity contribution in [1.82, 2.24) is 0 Å². The van der Waals surface area contributed by atoms with Crippen molar-refractivity contribution in [3.63, 3.8) is 0 Å². The lowest BCUT2D eigenvalue weighted by Crippen LogP contribution is -2.05. The lowest BCUT2D eigenvalue weighted by Gasteiger charge is -2.07. The zero-order valence-corrected chi connectivity index (χ0v) is 9.07. The summed E-state index contributed by atoms with van der Waals surface area (Å²) in [4.78, 5) is 11.1. The number of epoxide rings is 1. The lowest BCUT2D eigenvalue weighted by atomic mass is 10.1. The normalized spacial score (nSPS) is 23.9. The summed E-state index contributed by atoms with van der Waals surface area (Å²) in [6.07, 6.45) is 1.20. The Morgan fingerprint density at radius 3 is 2.80 bits per heavy atom. The summed E-state index contributed by atoms with van der Waals surface area (Å²) in [5.74, 6) is 1.14. The predicted molar refractivity (Wildman–Crippen MR) is 54.2 cm³/mol. The molecule has 0 unspecified atom stereocenters. The van der Waals surface area contributed by atoms with Gasteiger partial charge in [0, 0.05) is 0 Å². The third kappa shape index (κ3) is 1.77. The van der Waals surface area contributed by atoms with E-state index >= 15 is 0 Å². The molecule has 0 radical (unpaired) electrons. The molecule has 0 bridgehead atoms. The highest BCUT2D eigenvalue weighted by atomic mass is 16.6. The summed E-state index contributed by atoms with van der Waals surface area (Å²) in [7, 11) is 1.54. The van der Waals surface area contributed by atoms with E-state index < -0.39 is 0 Å². The first-order valence-electron chi connectivity index (χ1n) is 5.01. The number of hydrogen-bond acceptors (Lipinski definition) is 4. The van der Waals surface area contributed by atoms with Gasteiger partial charge in [0.2, 0.25) is 0 Å². The van der Waals surface area contributed by atoms with Gasteiger partial charge in [-0.1, -0.05) is 6.92 Å². The van der Waals surface area contributed by atoms with Gasteiger partial charge >= 0.3 is 5.63 Å². The third-order valence-electron chi connectivity index (χ3n) is 2.64. The van der Waals surface area contributed by atoms with Crippen LogP contribution in [0.5, 0.6) is 5.75 Å². The van der Waals surface area contributed by atoms with Crippen LogP contribution in [0.15, 0.2) is 15.3 Å². The maximum Gasteiger partial charge on any atom is 0.339 e. The van der Waals surface area contributed by atoms with Crippen LogP contribution in [0.4, 0.5) is 0 Å². The van der Waals surface area contributed by atoms with Gasteiger partial charge in [-0.05, 0) is 13.3 Å². The molecule has 0 spiro atoms. The predicted octanol–water partition coefficient (Wildman–Crippen LogP) is 1.81. The van der Waals surface area contributed by atoms with E-state index in [9.17, 15) is 4.79 Å². The second kappa shape index (κ2) is 3.70. The van der Waals surface area contributed by atoms with E-state index in [4.69, 9.17) is 13.9 Å². The first kappa shape index (κ1) is 10.2. The molecule has 2 rings (SSSR count). The van der Waals surface area contributed by atoms with E-state index in [0.29, 0.717) is 11.5 Å². The molecular weight excluding hydrogens is 196 g/mol. The van der Waals surface area contributed by atoms with Crippen LogP contribution < -0.4 is 10.4 Å². The lowest BCUT2D eigenvalue weighted by molar-refractivity contribution is 0.347. The standard InChI is InChI=1S/C11H14O4/c1-4-7-11(15-7)10-6(2)14-9(12)5-8(10)13-3/h5,7,11H,4H2,1-3H3/t7-,11+/m1/s1. The minimum absolute atomic E-state index is 0.0225. The van der Waals surface area contributed by atoms with Crippen LogP contribution in [-0.2, 0) is 4.74 Å². The van der Waals surface area contributed by atoms with Crippen molar-refractivity contribution in [1.29, 1.82) is 0 Å². The van der Waals surface area contributed by atoms with Crippen molar-refractivity contribution in [2.45, 2.75) is 32.5 Å². The Kier molecular flexibility index (Phi) is 2.52. The fourth-order valence-corrected chi connectivity index (χ4v) is 1.81. The Hall–Kier alpha value is -1.29. The number of methoxy groups -OCH3 is 1. The number of rotatable bonds is 3. The molecule has 1 aliphatic heterocycles. The first-order valence-corrected chi connectivity index (χ1v) is 5.01. The van der Waals surface area contributed by atoms with Crippen LogP contribution in [0.25, 0.3) is 0 Å². The van der Waals surface area contributed by atoms with Crippen LogP contribution in [0.3, 0.4) is 0 Å². The summed E-state index contributed by atoms with van der Waals surface area (Å²) in [6, 6.07) is 1.36. The molecule has 0 amide bonds. The number of hydrogen-bond donors (Lipinski definition) is 0. The summed E-state index contributed by atoms with van der Waals surface area (Å²) in [5.41, 5.74) is 0.478.